The first-order valence-corrected chi connectivity index (χ1v) is 5.83. The molecule has 0 radical (unpaired) electrons. The standard InChI is InChI=1S/C11H24N2/c1-3-7-12-10-11-6-5-9-13(11)8-4-2/h11-12H,3-10H2,1-2H3/t11-/m0/s1. The van der Waals surface area contributed by atoms with Gasteiger partial charge in [0.2, 0.25) is 0 Å². The van der Waals surface area contributed by atoms with Crippen molar-refractivity contribution in [1.29, 1.82) is 0 Å². The quantitative estimate of drug-likeness (QED) is 0.634. The van der Waals surface area contributed by atoms with Crippen LogP contribution in [0.15, 0.2) is 0 Å². The highest BCUT2D eigenvalue weighted by molar-refractivity contribution is 4.80. The van der Waals surface area contributed by atoms with E-state index in [0.717, 1.165) is 6.04 Å². The Morgan fingerprint density at radius 2 is 2.15 bits per heavy atom. The van der Waals surface area contributed by atoms with Crippen molar-refractivity contribution in [3.05, 3.63) is 0 Å². The SMILES string of the molecule is CCCNC[C@@H]1CCCN1CCC. The van der Waals surface area contributed by atoms with Gasteiger partial charge in [-0.3, -0.25) is 4.90 Å². The smallest absolute Gasteiger partial charge is 0.0221 e. The lowest BCUT2D eigenvalue weighted by molar-refractivity contribution is 0.248. The second-order valence-corrected chi connectivity index (χ2v) is 4.04. The molecule has 1 atom stereocenters. The van der Waals surface area contributed by atoms with E-state index in [1.807, 2.05) is 0 Å². The third kappa shape index (κ3) is 3.65. The lowest BCUT2D eigenvalue weighted by Gasteiger charge is -2.23. The Labute approximate surface area is 82.7 Å². The Morgan fingerprint density at radius 3 is 2.85 bits per heavy atom. The number of hydrogen-bond acceptors (Lipinski definition) is 2. The highest BCUT2D eigenvalue weighted by atomic mass is 15.2. The Bertz CT molecular complexity index is 125. The predicted octanol–water partition coefficient (Wildman–Crippen LogP) is 1.86. The maximum Gasteiger partial charge on any atom is 0.0221 e. The van der Waals surface area contributed by atoms with Gasteiger partial charge in [0.25, 0.3) is 0 Å². The average Bonchev–Trinajstić information content (AvgIpc) is 2.54. The molecule has 0 bridgehead atoms. The van der Waals surface area contributed by atoms with Crippen molar-refractivity contribution in [1.82, 2.24) is 10.2 Å². The van der Waals surface area contributed by atoms with Crippen LogP contribution >= 0.6 is 0 Å². The molecule has 1 rings (SSSR count). The molecule has 1 fully saturated rings. The third-order valence-corrected chi connectivity index (χ3v) is 2.82. The summed E-state index contributed by atoms with van der Waals surface area (Å²) in [5, 5.41) is 3.52. The van der Waals surface area contributed by atoms with E-state index in [1.54, 1.807) is 0 Å². The van der Waals surface area contributed by atoms with Gasteiger partial charge >= 0.3 is 0 Å². The first-order valence-electron chi connectivity index (χ1n) is 5.83. The first kappa shape index (κ1) is 11.0. The topological polar surface area (TPSA) is 15.3 Å². The molecule has 0 aromatic carbocycles. The lowest BCUT2D eigenvalue weighted by atomic mass is 10.2. The fourth-order valence-electron chi connectivity index (χ4n) is 2.15. The van der Waals surface area contributed by atoms with Crippen molar-refractivity contribution in [2.45, 2.75) is 45.6 Å². The number of likely N-dealkylation sites (tertiary alicyclic amines) is 1. The van der Waals surface area contributed by atoms with Crippen LogP contribution in [0.2, 0.25) is 0 Å². The van der Waals surface area contributed by atoms with Crippen LogP contribution in [0.4, 0.5) is 0 Å². The van der Waals surface area contributed by atoms with Crippen LogP contribution in [0, 0.1) is 0 Å². The largest absolute Gasteiger partial charge is 0.315 e. The Kier molecular flexibility index (Phi) is 5.40. The minimum atomic E-state index is 0.825. The molecule has 0 aromatic heterocycles. The molecule has 0 amide bonds. The van der Waals surface area contributed by atoms with Crippen LogP contribution < -0.4 is 5.32 Å². The number of hydrogen-bond donors (Lipinski definition) is 1. The van der Waals surface area contributed by atoms with Crippen LogP contribution in [0.3, 0.4) is 0 Å². The second-order valence-electron chi connectivity index (χ2n) is 4.04. The van der Waals surface area contributed by atoms with Gasteiger partial charge in [0, 0.05) is 12.6 Å². The number of nitrogens with zero attached hydrogens (tertiary/aromatic N) is 1. The molecular weight excluding hydrogens is 160 g/mol. The summed E-state index contributed by atoms with van der Waals surface area (Å²) in [7, 11) is 0. The second kappa shape index (κ2) is 6.39. The molecule has 78 valence electrons. The van der Waals surface area contributed by atoms with Crippen molar-refractivity contribution < 1.29 is 0 Å². The van der Waals surface area contributed by atoms with Gasteiger partial charge in [-0.05, 0) is 45.3 Å². The van der Waals surface area contributed by atoms with Crippen LogP contribution in [-0.4, -0.2) is 37.1 Å². The monoisotopic (exact) mass is 184 g/mol. The van der Waals surface area contributed by atoms with Gasteiger partial charge in [0.05, 0.1) is 0 Å². The summed E-state index contributed by atoms with van der Waals surface area (Å²) in [4.78, 5) is 2.64. The van der Waals surface area contributed by atoms with E-state index in [4.69, 9.17) is 0 Å². The van der Waals surface area contributed by atoms with Crippen LogP contribution in [0.1, 0.15) is 39.5 Å². The van der Waals surface area contributed by atoms with E-state index >= 15 is 0 Å². The van der Waals surface area contributed by atoms with E-state index < -0.39 is 0 Å². The number of rotatable bonds is 6. The molecule has 0 spiro atoms. The van der Waals surface area contributed by atoms with Gasteiger partial charge in [-0.15, -0.1) is 0 Å². The Hall–Kier alpha value is -0.0800. The molecule has 1 saturated heterocycles. The summed E-state index contributed by atoms with van der Waals surface area (Å²) in [6.45, 7) is 9.50. The van der Waals surface area contributed by atoms with Crippen molar-refractivity contribution >= 4 is 0 Å². The van der Waals surface area contributed by atoms with Crippen molar-refractivity contribution in [2.75, 3.05) is 26.2 Å². The van der Waals surface area contributed by atoms with Gasteiger partial charge < -0.3 is 5.32 Å². The summed E-state index contributed by atoms with van der Waals surface area (Å²) >= 11 is 0. The Morgan fingerprint density at radius 1 is 1.31 bits per heavy atom. The van der Waals surface area contributed by atoms with Crippen molar-refractivity contribution in [3.63, 3.8) is 0 Å². The zero-order chi connectivity index (χ0) is 9.52. The van der Waals surface area contributed by atoms with E-state index in [1.165, 1.54) is 51.9 Å². The molecule has 0 saturated carbocycles. The maximum absolute atomic E-state index is 3.52. The zero-order valence-corrected chi connectivity index (χ0v) is 9.18. The molecule has 0 aromatic rings. The molecule has 1 aliphatic rings. The summed E-state index contributed by atoms with van der Waals surface area (Å²) in [5.41, 5.74) is 0. The molecule has 1 N–H and O–H groups in total. The molecule has 0 aliphatic carbocycles. The van der Waals surface area contributed by atoms with Crippen molar-refractivity contribution in [2.24, 2.45) is 0 Å². The van der Waals surface area contributed by atoms with E-state index in [2.05, 4.69) is 24.1 Å². The van der Waals surface area contributed by atoms with Gasteiger partial charge in [0.15, 0.2) is 0 Å². The van der Waals surface area contributed by atoms with Crippen LogP contribution in [-0.2, 0) is 0 Å². The minimum absolute atomic E-state index is 0.825. The fourth-order valence-corrected chi connectivity index (χ4v) is 2.15. The molecule has 1 aliphatic heterocycles. The highest BCUT2D eigenvalue weighted by Gasteiger charge is 2.22. The summed E-state index contributed by atoms with van der Waals surface area (Å²) in [5.74, 6) is 0. The first-order chi connectivity index (χ1) is 6.38. The third-order valence-electron chi connectivity index (χ3n) is 2.82. The molecule has 2 heteroatoms. The Balaban J connectivity index is 2.15. The molecular formula is C11H24N2. The molecule has 1 heterocycles. The summed E-state index contributed by atoms with van der Waals surface area (Å²) in [6, 6.07) is 0.825. The molecule has 0 unspecified atom stereocenters. The highest BCUT2D eigenvalue weighted by Crippen LogP contribution is 2.16. The average molecular weight is 184 g/mol. The molecule has 13 heavy (non-hydrogen) atoms. The normalized spacial score (nSPS) is 24.0. The van der Waals surface area contributed by atoms with Crippen LogP contribution in [0.25, 0.3) is 0 Å². The zero-order valence-electron chi connectivity index (χ0n) is 9.18. The van der Waals surface area contributed by atoms with Gasteiger partial charge in [-0.25, -0.2) is 0 Å². The maximum atomic E-state index is 3.52. The summed E-state index contributed by atoms with van der Waals surface area (Å²) < 4.78 is 0. The fraction of sp³-hybridized carbons (Fsp3) is 1.00. The predicted molar refractivity (Wildman–Crippen MR) is 58.0 cm³/mol. The van der Waals surface area contributed by atoms with E-state index in [-0.39, 0.29) is 0 Å². The summed E-state index contributed by atoms with van der Waals surface area (Å²) in [6.07, 6.45) is 5.35. The lowest BCUT2D eigenvalue weighted by Crippen LogP contribution is -2.38. The number of nitrogens with one attached hydrogen (secondary N) is 1. The van der Waals surface area contributed by atoms with E-state index in [0.29, 0.717) is 0 Å². The molecule has 2 nitrogen and oxygen atoms in total. The van der Waals surface area contributed by atoms with E-state index in [9.17, 15) is 0 Å². The van der Waals surface area contributed by atoms with Gasteiger partial charge in [-0.2, -0.15) is 0 Å². The van der Waals surface area contributed by atoms with Gasteiger partial charge in [0.1, 0.15) is 0 Å². The minimum Gasteiger partial charge on any atom is -0.315 e. The van der Waals surface area contributed by atoms with Crippen LogP contribution in [0.5, 0.6) is 0 Å². The van der Waals surface area contributed by atoms with Gasteiger partial charge in [-0.1, -0.05) is 13.8 Å². The van der Waals surface area contributed by atoms with Crippen molar-refractivity contribution in [3.8, 4) is 0 Å².